The van der Waals surface area contributed by atoms with Crippen molar-refractivity contribution in [1.29, 1.82) is 0 Å². The van der Waals surface area contributed by atoms with Crippen LogP contribution >= 0.6 is 0 Å². The molecule has 1 amide bonds. The van der Waals surface area contributed by atoms with E-state index in [0.29, 0.717) is 11.4 Å². The van der Waals surface area contributed by atoms with Crippen LogP contribution in [0.2, 0.25) is 0 Å². The molecule has 1 aromatic heterocycles. The van der Waals surface area contributed by atoms with Gasteiger partial charge in [-0.05, 0) is 23.6 Å². The smallest absolute Gasteiger partial charge is 0.259 e. The van der Waals surface area contributed by atoms with Crippen LogP contribution in [0.5, 0.6) is 0 Å². The van der Waals surface area contributed by atoms with E-state index in [4.69, 9.17) is 5.84 Å². The Morgan fingerprint density at radius 2 is 1.81 bits per heavy atom. The van der Waals surface area contributed by atoms with E-state index in [0.717, 1.165) is 16.5 Å². The molecule has 0 bridgehead atoms. The number of amides is 1. The van der Waals surface area contributed by atoms with Crippen LogP contribution < -0.4 is 16.6 Å². The molecule has 0 fully saturated rings. The predicted molar refractivity (Wildman–Crippen MR) is 83.9 cm³/mol. The summed E-state index contributed by atoms with van der Waals surface area (Å²) in [7, 11) is 0. The molecule has 0 aliphatic rings. The SMILES string of the molecule is NNc1ncccc1C(=O)Nc1cccc2ccccc12. The van der Waals surface area contributed by atoms with Crippen molar-refractivity contribution >= 4 is 28.2 Å². The third kappa shape index (κ3) is 2.54. The molecule has 104 valence electrons. The number of aromatic nitrogens is 1. The average Bonchev–Trinajstić information content (AvgIpc) is 2.55. The Kier molecular flexibility index (Phi) is 3.49. The Balaban J connectivity index is 1.97. The lowest BCUT2D eigenvalue weighted by atomic mass is 10.1. The number of nitrogens with zero attached hydrogens (tertiary/aromatic N) is 1. The van der Waals surface area contributed by atoms with Crippen LogP contribution in [-0.2, 0) is 0 Å². The van der Waals surface area contributed by atoms with Gasteiger partial charge in [0, 0.05) is 17.3 Å². The third-order valence-electron chi connectivity index (χ3n) is 3.23. The van der Waals surface area contributed by atoms with Crippen molar-refractivity contribution in [1.82, 2.24) is 4.98 Å². The molecule has 4 N–H and O–H groups in total. The molecule has 0 spiro atoms. The van der Waals surface area contributed by atoms with Crippen molar-refractivity contribution in [2.24, 2.45) is 5.84 Å². The van der Waals surface area contributed by atoms with Gasteiger partial charge in [0.1, 0.15) is 0 Å². The number of nitrogens with two attached hydrogens (primary N) is 1. The van der Waals surface area contributed by atoms with Crippen LogP contribution in [0.3, 0.4) is 0 Å². The first-order valence-corrected chi connectivity index (χ1v) is 6.50. The van der Waals surface area contributed by atoms with Crippen molar-refractivity contribution in [3.63, 3.8) is 0 Å². The molecule has 0 saturated carbocycles. The highest BCUT2D eigenvalue weighted by atomic mass is 16.1. The van der Waals surface area contributed by atoms with Crippen LogP contribution in [0, 0.1) is 0 Å². The predicted octanol–water partition coefficient (Wildman–Crippen LogP) is 2.77. The Morgan fingerprint density at radius 3 is 2.67 bits per heavy atom. The second-order valence-corrected chi connectivity index (χ2v) is 4.52. The molecule has 0 saturated heterocycles. The highest BCUT2D eigenvalue weighted by Gasteiger charge is 2.12. The second-order valence-electron chi connectivity index (χ2n) is 4.52. The number of hydrogen-bond acceptors (Lipinski definition) is 4. The summed E-state index contributed by atoms with van der Waals surface area (Å²) in [4.78, 5) is 16.4. The van der Waals surface area contributed by atoms with Crippen LogP contribution in [0.1, 0.15) is 10.4 Å². The van der Waals surface area contributed by atoms with Crippen molar-refractivity contribution in [3.8, 4) is 0 Å². The van der Waals surface area contributed by atoms with E-state index in [1.54, 1.807) is 18.3 Å². The van der Waals surface area contributed by atoms with E-state index in [1.165, 1.54) is 0 Å². The summed E-state index contributed by atoms with van der Waals surface area (Å²) >= 11 is 0. The van der Waals surface area contributed by atoms with Crippen LogP contribution in [0.15, 0.2) is 60.8 Å². The van der Waals surface area contributed by atoms with Crippen LogP contribution in [0.4, 0.5) is 11.5 Å². The third-order valence-corrected chi connectivity index (χ3v) is 3.23. The molecule has 0 aliphatic carbocycles. The molecule has 5 heteroatoms. The lowest BCUT2D eigenvalue weighted by Crippen LogP contribution is -2.18. The summed E-state index contributed by atoms with van der Waals surface area (Å²) in [6.45, 7) is 0. The number of fused-ring (bicyclic) bond motifs is 1. The van der Waals surface area contributed by atoms with E-state index < -0.39 is 0 Å². The molecule has 0 aliphatic heterocycles. The topological polar surface area (TPSA) is 80.0 Å². The van der Waals surface area contributed by atoms with E-state index in [2.05, 4.69) is 15.7 Å². The van der Waals surface area contributed by atoms with Gasteiger partial charge < -0.3 is 10.7 Å². The monoisotopic (exact) mass is 278 g/mol. The maximum Gasteiger partial charge on any atom is 0.259 e. The number of hydrazine groups is 1. The second kappa shape index (κ2) is 5.60. The fourth-order valence-corrected chi connectivity index (χ4v) is 2.23. The largest absolute Gasteiger partial charge is 0.321 e. The molecule has 0 unspecified atom stereocenters. The first-order valence-electron chi connectivity index (χ1n) is 6.50. The van der Waals surface area contributed by atoms with Crippen molar-refractivity contribution in [3.05, 3.63) is 66.4 Å². The van der Waals surface area contributed by atoms with E-state index in [-0.39, 0.29) is 5.91 Å². The fourth-order valence-electron chi connectivity index (χ4n) is 2.23. The molecule has 0 radical (unpaired) electrons. The molecule has 0 atom stereocenters. The molecular weight excluding hydrogens is 264 g/mol. The summed E-state index contributed by atoms with van der Waals surface area (Å²) in [6, 6.07) is 17.0. The quantitative estimate of drug-likeness (QED) is 0.508. The Labute approximate surface area is 121 Å². The van der Waals surface area contributed by atoms with Crippen molar-refractivity contribution < 1.29 is 4.79 Å². The molecule has 3 aromatic rings. The zero-order chi connectivity index (χ0) is 14.7. The minimum Gasteiger partial charge on any atom is -0.321 e. The van der Waals surface area contributed by atoms with E-state index in [1.807, 2.05) is 42.5 Å². The number of nitrogens with one attached hydrogen (secondary N) is 2. The van der Waals surface area contributed by atoms with E-state index >= 15 is 0 Å². The molecule has 3 rings (SSSR count). The number of carbonyl (C=O) groups excluding carboxylic acids is 1. The zero-order valence-electron chi connectivity index (χ0n) is 11.2. The molecular formula is C16H14N4O. The Morgan fingerprint density at radius 1 is 1.00 bits per heavy atom. The summed E-state index contributed by atoms with van der Waals surface area (Å²) in [5, 5.41) is 4.96. The molecule has 5 nitrogen and oxygen atoms in total. The van der Waals surface area contributed by atoms with E-state index in [9.17, 15) is 4.79 Å². The molecule has 2 aromatic carbocycles. The van der Waals surface area contributed by atoms with Gasteiger partial charge in [0.25, 0.3) is 5.91 Å². The fraction of sp³-hybridized carbons (Fsp3) is 0. The molecule has 1 heterocycles. The van der Waals surface area contributed by atoms with Gasteiger partial charge in [-0.3, -0.25) is 4.79 Å². The van der Waals surface area contributed by atoms with Gasteiger partial charge >= 0.3 is 0 Å². The first kappa shape index (κ1) is 13.1. The summed E-state index contributed by atoms with van der Waals surface area (Å²) in [6.07, 6.45) is 1.57. The van der Waals surface area contributed by atoms with Gasteiger partial charge in [-0.25, -0.2) is 10.8 Å². The maximum absolute atomic E-state index is 12.4. The van der Waals surface area contributed by atoms with Gasteiger partial charge in [-0.15, -0.1) is 0 Å². The summed E-state index contributed by atoms with van der Waals surface area (Å²) < 4.78 is 0. The minimum atomic E-state index is -0.257. The van der Waals surface area contributed by atoms with Gasteiger partial charge in [-0.2, -0.15) is 0 Å². The summed E-state index contributed by atoms with van der Waals surface area (Å²) in [5.41, 5.74) is 3.58. The van der Waals surface area contributed by atoms with Gasteiger partial charge in [-0.1, -0.05) is 36.4 Å². The van der Waals surface area contributed by atoms with Crippen molar-refractivity contribution in [2.75, 3.05) is 10.7 Å². The number of anilines is 2. The lowest BCUT2D eigenvalue weighted by Gasteiger charge is -2.10. The first-order chi connectivity index (χ1) is 10.3. The zero-order valence-corrected chi connectivity index (χ0v) is 11.2. The standard InChI is InChI=1S/C16H14N4O/c17-20-15-13(8-4-10-18-15)16(21)19-14-9-3-6-11-5-1-2-7-12(11)14/h1-10H,17H2,(H,18,20)(H,19,21). The van der Waals surface area contributed by atoms with Crippen molar-refractivity contribution in [2.45, 2.75) is 0 Å². The number of nitrogen functional groups attached to an aromatic ring is 1. The average molecular weight is 278 g/mol. The maximum atomic E-state index is 12.4. The number of benzene rings is 2. The van der Waals surface area contributed by atoms with Gasteiger partial charge in [0.2, 0.25) is 0 Å². The number of pyridine rings is 1. The van der Waals surface area contributed by atoms with Gasteiger partial charge in [0.15, 0.2) is 5.82 Å². The lowest BCUT2D eigenvalue weighted by molar-refractivity contribution is 0.102. The molecule has 21 heavy (non-hydrogen) atoms. The number of carbonyl (C=O) groups is 1. The Hall–Kier alpha value is -2.92. The highest BCUT2D eigenvalue weighted by molar-refractivity contribution is 6.11. The van der Waals surface area contributed by atoms with Crippen LogP contribution in [-0.4, -0.2) is 10.9 Å². The highest BCUT2D eigenvalue weighted by Crippen LogP contribution is 2.24. The Bertz CT molecular complexity index is 796. The van der Waals surface area contributed by atoms with Gasteiger partial charge in [0.05, 0.1) is 5.56 Å². The van der Waals surface area contributed by atoms with Crippen LogP contribution in [0.25, 0.3) is 10.8 Å². The minimum absolute atomic E-state index is 0.257. The number of hydrogen-bond donors (Lipinski definition) is 3. The summed E-state index contributed by atoms with van der Waals surface area (Å²) in [5.74, 6) is 5.47. The normalized spacial score (nSPS) is 10.3. The number of rotatable bonds is 3.